The number of anilines is 2. The molecule has 0 aliphatic heterocycles. The number of amides is 2. The van der Waals surface area contributed by atoms with Crippen LogP contribution in [0.15, 0.2) is 63.4 Å². The summed E-state index contributed by atoms with van der Waals surface area (Å²) in [6, 6.07) is 10.6. The molecule has 256 valence electrons. The van der Waals surface area contributed by atoms with Gasteiger partial charge in [-0.25, -0.2) is 16.8 Å². The zero-order valence-corrected chi connectivity index (χ0v) is 29.1. The van der Waals surface area contributed by atoms with Gasteiger partial charge in [0, 0.05) is 4.91 Å². The van der Waals surface area contributed by atoms with Crippen molar-refractivity contribution < 1.29 is 40.8 Å². The quantitative estimate of drug-likeness (QED) is 0.0745. The van der Waals surface area contributed by atoms with Crippen LogP contribution in [0.25, 0.3) is 10.4 Å². The first-order valence-electron chi connectivity index (χ1n) is 13.9. The maximum atomic E-state index is 13.8. The lowest BCUT2D eigenvalue weighted by molar-refractivity contribution is -0.146. The Morgan fingerprint density at radius 2 is 1.11 bits per heavy atom. The second-order valence-corrected chi connectivity index (χ2v) is 15.9. The number of Topliss-reactive ketones (excluding diaryl/α,β-unsaturated/α-hetero) is 1. The van der Waals surface area contributed by atoms with Gasteiger partial charge in [-0.05, 0) is 85.2 Å². The van der Waals surface area contributed by atoms with Gasteiger partial charge in [0.25, 0.3) is 0 Å². The van der Waals surface area contributed by atoms with Crippen LogP contribution < -0.4 is 20.1 Å². The summed E-state index contributed by atoms with van der Waals surface area (Å²) in [5.74, 6) is -3.50. The molecular formula is C29H39N7O9S2. The van der Waals surface area contributed by atoms with Crippen LogP contribution in [-0.4, -0.2) is 64.1 Å². The van der Waals surface area contributed by atoms with E-state index in [9.17, 15) is 36.0 Å². The van der Waals surface area contributed by atoms with E-state index in [0.29, 0.717) is 0 Å². The number of esters is 1. The van der Waals surface area contributed by atoms with E-state index in [1.54, 1.807) is 0 Å². The van der Waals surface area contributed by atoms with Crippen LogP contribution in [-0.2, 0) is 44.0 Å². The molecule has 0 saturated carbocycles. The van der Waals surface area contributed by atoms with E-state index in [2.05, 4.69) is 34.8 Å². The minimum atomic E-state index is -4.54. The van der Waals surface area contributed by atoms with Gasteiger partial charge in [0.1, 0.15) is 26.3 Å². The third-order valence-electron chi connectivity index (χ3n) is 6.88. The second-order valence-electron chi connectivity index (χ2n) is 12.6. The highest BCUT2D eigenvalue weighted by atomic mass is 32.2. The zero-order chi connectivity index (χ0) is 36.2. The van der Waals surface area contributed by atoms with E-state index in [0.717, 1.165) is 7.11 Å². The van der Waals surface area contributed by atoms with Crippen molar-refractivity contribution in [1.82, 2.24) is 9.44 Å². The Bertz CT molecular complexity index is 1850. The molecule has 0 aliphatic carbocycles. The number of azide groups is 1. The van der Waals surface area contributed by atoms with Gasteiger partial charge in [-0.2, -0.15) is 9.44 Å². The summed E-state index contributed by atoms with van der Waals surface area (Å²) in [6.45, 7) is 10.2. The highest BCUT2D eigenvalue weighted by Crippen LogP contribution is 2.31. The molecule has 0 aliphatic rings. The molecule has 0 aromatic heterocycles. The van der Waals surface area contributed by atoms with Crippen molar-refractivity contribution >= 4 is 55.0 Å². The predicted octanol–water partition coefficient (Wildman–Crippen LogP) is 3.23. The molecule has 0 heterocycles. The number of para-hydroxylation sites is 2. The summed E-state index contributed by atoms with van der Waals surface area (Å²) in [6.07, 6.45) is 0. The van der Waals surface area contributed by atoms with Crippen LogP contribution in [0.2, 0.25) is 0 Å². The molecule has 0 saturated heterocycles. The van der Waals surface area contributed by atoms with Gasteiger partial charge in [0.15, 0.2) is 5.78 Å². The average molecular weight is 694 g/mol. The normalized spacial score (nSPS) is 12.8. The van der Waals surface area contributed by atoms with Crippen LogP contribution in [0, 0.1) is 5.41 Å². The highest BCUT2D eigenvalue weighted by Gasteiger charge is 2.47. The molecule has 2 amide bonds. The lowest BCUT2D eigenvalue weighted by Crippen LogP contribution is -2.57. The molecule has 0 bridgehead atoms. The average Bonchev–Trinajstić information content (AvgIpc) is 2.95. The third kappa shape index (κ3) is 8.93. The smallest absolute Gasteiger partial charge is 0.326 e. The van der Waals surface area contributed by atoms with Gasteiger partial charge >= 0.3 is 5.97 Å². The Kier molecular flexibility index (Phi) is 11.4. The SMILES string of the molecule is COC(=O)C(C)(C)NS(=O)(=O)c1ccccc1NC(=O)C(C)(C)C(=O)C(C)(C)NS(=O)(=O)c1ccccc1NC(=O)C(C)(C)N=[N+]=[N-]. The number of rotatable bonds is 14. The lowest BCUT2D eigenvalue weighted by Gasteiger charge is -2.33. The van der Waals surface area contributed by atoms with E-state index in [1.165, 1.54) is 104 Å². The summed E-state index contributed by atoms with van der Waals surface area (Å²) in [5.41, 5.74) is 1.31. The Balaban J connectivity index is 2.39. The number of hydrogen-bond acceptors (Lipinski definition) is 10. The van der Waals surface area contributed by atoms with Crippen molar-refractivity contribution in [3.8, 4) is 0 Å². The summed E-state index contributed by atoms with van der Waals surface area (Å²) < 4.78 is 62.7. The number of sulfonamides is 2. The third-order valence-corrected chi connectivity index (χ3v) is 10.3. The molecule has 0 atom stereocenters. The fraction of sp³-hybridized carbons (Fsp3) is 0.448. The Morgan fingerprint density at radius 1 is 0.702 bits per heavy atom. The minimum absolute atomic E-state index is 0.159. The number of methoxy groups -OCH3 is 1. The molecule has 2 aromatic rings. The number of hydrogen-bond donors (Lipinski definition) is 4. The van der Waals surface area contributed by atoms with E-state index >= 15 is 0 Å². The molecular weight excluding hydrogens is 654 g/mol. The largest absolute Gasteiger partial charge is 0.468 e. The van der Waals surface area contributed by atoms with Crippen LogP contribution in [0.3, 0.4) is 0 Å². The first-order chi connectivity index (χ1) is 21.4. The van der Waals surface area contributed by atoms with Gasteiger partial charge in [-0.3, -0.25) is 19.2 Å². The fourth-order valence-electron chi connectivity index (χ4n) is 4.33. The van der Waals surface area contributed by atoms with Gasteiger partial charge in [-0.1, -0.05) is 29.4 Å². The number of ether oxygens (including phenoxy) is 1. The number of ketones is 1. The molecule has 0 radical (unpaired) electrons. The second kappa shape index (κ2) is 13.8. The molecule has 0 unspecified atom stereocenters. The van der Waals surface area contributed by atoms with Crippen molar-refractivity contribution in [1.29, 1.82) is 0 Å². The highest BCUT2D eigenvalue weighted by molar-refractivity contribution is 7.90. The van der Waals surface area contributed by atoms with Crippen molar-refractivity contribution in [2.24, 2.45) is 10.5 Å². The standard InChI is InChI=1S/C29H39N7O9S2/c1-26(2,23(38)31-18-14-10-12-16-20(18)47(43,44)35-29(7,8)25(40)45-9)22(37)27(3,4)34-46(41,42)21-17-13-11-15-19(21)32-24(39)28(5,6)33-36-30/h10-17,34-35H,1-9H3,(H,31,38)(H,32,39). The molecule has 18 heteroatoms. The molecule has 0 fully saturated rings. The van der Waals surface area contributed by atoms with Gasteiger partial charge in [-0.15, -0.1) is 0 Å². The first kappa shape index (κ1) is 38.8. The van der Waals surface area contributed by atoms with Gasteiger partial charge in [0.05, 0.1) is 24.0 Å². The van der Waals surface area contributed by atoms with Crippen LogP contribution in [0.4, 0.5) is 11.4 Å². The monoisotopic (exact) mass is 693 g/mol. The lowest BCUT2D eigenvalue weighted by atomic mass is 9.78. The van der Waals surface area contributed by atoms with E-state index in [4.69, 9.17) is 5.53 Å². The van der Waals surface area contributed by atoms with E-state index < -0.39 is 75.4 Å². The van der Waals surface area contributed by atoms with Crippen LogP contribution >= 0.6 is 0 Å². The molecule has 16 nitrogen and oxygen atoms in total. The van der Waals surface area contributed by atoms with E-state index in [-0.39, 0.29) is 11.4 Å². The predicted molar refractivity (Wildman–Crippen MR) is 173 cm³/mol. The number of carbonyl (C=O) groups is 4. The van der Waals surface area contributed by atoms with E-state index in [1.807, 2.05) is 0 Å². The van der Waals surface area contributed by atoms with Gasteiger partial charge in [0.2, 0.25) is 31.9 Å². The number of nitrogens with one attached hydrogen (secondary N) is 4. The zero-order valence-electron chi connectivity index (χ0n) is 27.5. The molecule has 4 N–H and O–H groups in total. The van der Waals surface area contributed by atoms with Crippen LogP contribution in [0.1, 0.15) is 55.4 Å². The van der Waals surface area contributed by atoms with Gasteiger partial charge < -0.3 is 15.4 Å². The van der Waals surface area contributed by atoms with Crippen molar-refractivity contribution in [3.63, 3.8) is 0 Å². The summed E-state index contributed by atoms with van der Waals surface area (Å²) >= 11 is 0. The van der Waals surface area contributed by atoms with Crippen molar-refractivity contribution in [2.45, 2.75) is 81.8 Å². The molecule has 0 spiro atoms. The van der Waals surface area contributed by atoms with Crippen molar-refractivity contribution in [3.05, 3.63) is 59.0 Å². The molecule has 2 rings (SSSR count). The maximum Gasteiger partial charge on any atom is 0.326 e. The van der Waals surface area contributed by atoms with Crippen molar-refractivity contribution in [2.75, 3.05) is 17.7 Å². The first-order valence-corrected chi connectivity index (χ1v) is 16.9. The topological polar surface area (TPSA) is 243 Å². The van der Waals surface area contributed by atoms with Crippen LogP contribution in [0.5, 0.6) is 0 Å². The Morgan fingerprint density at radius 3 is 1.53 bits per heavy atom. The molecule has 47 heavy (non-hydrogen) atoms. The minimum Gasteiger partial charge on any atom is -0.468 e. The number of nitrogens with zero attached hydrogens (tertiary/aromatic N) is 3. The number of benzene rings is 2. The Hall–Kier alpha value is -4.35. The summed E-state index contributed by atoms with van der Waals surface area (Å²) in [7, 11) is -7.86. The Labute approximate surface area is 273 Å². The summed E-state index contributed by atoms with van der Waals surface area (Å²) in [5, 5.41) is 8.27. The maximum absolute atomic E-state index is 13.8. The molecule has 2 aromatic carbocycles. The fourth-order valence-corrected chi connectivity index (χ4v) is 7.40. The summed E-state index contributed by atoms with van der Waals surface area (Å²) in [4.78, 5) is 53.9. The number of carbonyl (C=O) groups excluding carboxylic acids is 4.